The summed E-state index contributed by atoms with van der Waals surface area (Å²) in [6.45, 7) is 5.35. The minimum Gasteiger partial charge on any atom is -0.347 e. The number of carbonyl (C=O) groups excluding carboxylic acids is 4. The van der Waals surface area contributed by atoms with E-state index in [9.17, 15) is 19.2 Å². The second kappa shape index (κ2) is 13.8. The highest BCUT2D eigenvalue weighted by Crippen LogP contribution is 2.09. The van der Waals surface area contributed by atoms with Crippen LogP contribution in [0.2, 0.25) is 0 Å². The van der Waals surface area contributed by atoms with Crippen LogP contribution in [0.15, 0.2) is 30.3 Å². The third-order valence-electron chi connectivity index (χ3n) is 4.63. The zero-order valence-electron chi connectivity index (χ0n) is 18.1. The maximum Gasteiger partial charge on any atom is 0.243 e. The predicted molar refractivity (Wildman–Crippen MR) is 120 cm³/mol. The summed E-state index contributed by atoms with van der Waals surface area (Å²) < 4.78 is 0. The Bertz CT molecular complexity index is 697. The molecule has 30 heavy (non-hydrogen) atoms. The normalized spacial score (nSPS) is 13.8. The van der Waals surface area contributed by atoms with Gasteiger partial charge in [-0.25, -0.2) is 0 Å². The summed E-state index contributed by atoms with van der Waals surface area (Å²) in [4.78, 5) is 48.6. The Kier molecular flexibility index (Phi) is 11.8. The molecule has 0 spiro atoms. The number of Topliss-reactive ketones (excluding diaryl/α,β-unsaturated/α-hetero) is 1. The van der Waals surface area contributed by atoms with Gasteiger partial charge in [0.1, 0.15) is 12.1 Å². The number of amides is 3. The van der Waals surface area contributed by atoms with E-state index in [4.69, 9.17) is 0 Å². The highest BCUT2D eigenvalue weighted by molar-refractivity contribution is 7.98. The van der Waals surface area contributed by atoms with Crippen molar-refractivity contribution in [3.8, 4) is 0 Å². The molecular weight excluding hydrogens is 402 g/mol. The van der Waals surface area contributed by atoms with Crippen molar-refractivity contribution in [3.05, 3.63) is 35.9 Å². The monoisotopic (exact) mass is 435 g/mol. The summed E-state index contributed by atoms with van der Waals surface area (Å²) in [7, 11) is 0. The molecule has 0 unspecified atom stereocenters. The molecule has 0 radical (unpaired) electrons. The molecule has 0 fully saturated rings. The van der Waals surface area contributed by atoms with Crippen LogP contribution in [-0.4, -0.2) is 54.1 Å². The van der Waals surface area contributed by atoms with Gasteiger partial charge in [0.15, 0.2) is 5.78 Å². The Hall–Kier alpha value is -2.35. The largest absolute Gasteiger partial charge is 0.347 e. The van der Waals surface area contributed by atoms with E-state index in [1.54, 1.807) is 11.8 Å². The first-order chi connectivity index (χ1) is 14.3. The van der Waals surface area contributed by atoms with Gasteiger partial charge in [-0.1, -0.05) is 44.2 Å². The van der Waals surface area contributed by atoms with Gasteiger partial charge in [0, 0.05) is 0 Å². The van der Waals surface area contributed by atoms with Crippen LogP contribution in [0.3, 0.4) is 0 Å². The van der Waals surface area contributed by atoms with Gasteiger partial charge in [-0.15, -0.1) is 0 Å². The maximum atomic E-state index is 12.9. The van der Waals surface area contributed by atoms with Crippen molar-refractivity contribution in [3.63, 3.8) is 0 Å². The zero-order valence-corrected chi connectivity index (χ0v) is 19.0. The molecule has 0 aromatic heterocycles. The van der Waals surface area contributed by atoms with Gasteiger partial charge in [-0.2, -0.15) is 11.8 Å². The Labute approximate surface area is 183 Å². The van der Waals surface area contributed by atoms with Crippen molar-refractivity contribution in [1.82, 2.24) is 16.0 Å². The van der Waals surface area contributed by atoms with Crippen LogP contribution in [0.5, 0.6) is 0 Å². The summed E-state index contributed by atoms with van der Waals surface area (Å²) >= 11 is 1.57. The summed E-state index contributed by atoms with van der Waals surface area (Å²) in [6, 6.07) is 7.28. The van der Waals surface area contributed by atoms with Gasteiger partial charge in [0.05, 0.1) is 6.04 Å². The highest BCUT2D eigenvalue weighted by Gasteiger charge is 2.28. The van der Waals surface area contributed by atoms with Gasteiger partial charge >= 0.3 is 0 Å². The van der Waals surface area contributed by atoms with Crippen molar-refractivity contribution < 1.29 is 19.2 Å². The van der Waals surface area contributed by atoms with Gasteiger partial charge in [-0.05, 0) is 49.7 Å². The van der Waals surface area contributed by atoms with E-state index in [-0.39, 0.29) is 11.7 Å². The summed E-state index contributed by atoms with van der Waals surface area (Å²) in [6.07, 6.45) is 3.68. The molecule has 0 aliphatic rings. The molecular formula is C22H33N3O4S. The number of rotatable bonds is 14. The molecule has 1 aromatic rings. The molecule has 3 atom stereocenters. The predicted octanol–water partition coefficient (Wildman–Crippen LogP) is 1.70. The molecule has 1 rings (SSSR count). The number of nitrogens with one attached hydrogen (secondary N) is 3. The van der Waals surface area contributed by atoms with E-state index in [2.05, 4.69) is 16.0 Å². The maximum absolute atomic E-state index is 12.9. The molecule has 0 heterocycles. The van der Waals surface area contributed by atoms with Crippen LogP contribution >= 0.6 is 11.8 Å². The topological polar surface area (TPSA) is 104 Å². The third-order valence-corrected chi connectivity index (χ3v) is 5.27. The smallest absolute Gasteiger partial charge is 0.243 e. The Morgan fingerprint density at radius 2 is 1.60 bits per heavy atom. The first-order valence-electron chi connectivity index (χ1n) is 10.1. The van der Waals surface area contributed by atoms with Crippen LogP contribution in [0.1, 0.15) is 39.2 Å². The summed E-state index contributed by atoms with van der Waals surface area (Å²) in [5.74, 6) is -0.108. The van der Waals surface area contributed by atoms with Crippen LogP contribution < -0.4 is 16.0 Å². The molecule has 0 aliphatic carbocycles. The molecule has 1 aromatic carbocycles. The van der Waals surface area contributed by atoms with Crippen LogP contribution in [0.25, 0.3) is 0 Å². The Morgan fingerprint density at radius 1 is 1.00 bits per heavy atom. The zero-order chi connectivity index (χ0) is 22.5. The Balaban J connectivity index is 2.88. The molecule has 7 nitrogen and oxygen atoms in total. The van der Waals surface area contributed by atoms with E-state index in [0.717, 1.165) is 5.56 Å². The van der Waals surface area contributed by atoms with Gasteiger partial charge < -0.3 is 16.0 Å². The van der Waals surface area contributed by atoms with Crippen LogP contribution in [-0.2, 0) is 25.6 Å². The van der Waals surface area contributed by atoms with Crippen molar-refractivity contribution in [1.29, 1.82) is 0 Å². The number of carbonyl (C=O) groups is 4. The lowest BCUT2D eigenvalue weighted by molar-refractivity contribution is -0.132. The van der Waals surface area contributed by atoms with Crippen LogP contribution in [0.4, 0.5) is 0 Å². The molecule has 0 saturated carbocycles. The number of hydrogen-bond acceptors (Lipinski definition) is 5. The summed E-state index contributed by atoms with van der Waals surface area (Å²) in [5.41, 5.74) is 0.940. The fraction of sp³-hybridized carbons (Fsp3) is 0.545. The number of ketones is 1. The van der Waals surface area contributed by atoms with Gasteiger partial charge in [0.2, 0.25) is 18.2 Å². The lowest BCUT2D eigenvalue weighted by Crippen LogP contribution is -2.55. The Morgan fingerprint density at radius 3 is 2.13 bits per heavy atom. The van der Waals surface area contributed by atoms with Gasteiger partial charge in [-0.3, -0.25) is 19.2 Å². The van der Waals surface area contributed by atoms with E-state index in [1.165, 1.54) is 6.92 Å². The van der Waals surface area contributed by atoms with Crippen molar-refractivity contribution >= 4 is 35.8 Å². The highest BCUT2D eigenvalue weighted by atomic mass is 32.2. The van der Waals surface area contributed by atoms with E-state index >= 15 is 0 Å². The second-order valence-electron chi connectivity index (χ2n) is 7.67. The average Bonchev–Trinajstić information content (AvgIpc) is 2.70. The standard InChI is InChI=1S/C22H33N3O4S/c1-15(2)12-20(25-21(28)18(23-14-26)10-11-30-4)22(29)24-19(16(3)27)13-17-8-6-5-7-9-17/h5-9,14-15,18-20H,10-13H2,1-4H3,(H,23,26)(H,24,29)(H,25,28)/t18-,19-,20-/m1/s1. The average molecular weight is 436 g/mol. The molecule has 0 bridgehead atoms. The van der Waals surface area contributed by atoms with Crippen molar-refractivity contribution in [2.24, 2.45) is 5.92 Å². The van der Waals surface area contributed by atoms with Crippen LogP contribution in [0, 0.1) is 5.92 Å². The molecule has 3 N–H and O–H groups in total. The van der Waals surface area contributed by atoms with Crippen molar-refractivity contribution in [2.75, 3.05) is 12.0 Å². The van der Waals surface area contributed by atoms with E-state index in [0.29, 0.717) is 31.4 Å². The first kappa shape index (κ1) is 25.7. The SMILES string of the molecule is CSCC[C@@H](NC=O)C(=O)N[C@H](CC(C)C)C(=O)N[C@H](Cc1ccccc1)C(C)=O. The third kappa shape index (κ3) is 9.43. The minimum absolute atomic E-state index is 0.148. The number of benzene rings is 1. The fourth-order valence-electron chi connectivity index (χ4n) is 3.00. The molecule has 8 heteroatoms. The van der Waals surface area contributed by atoms with Gasteiger partial charge in [0.25, 0.3) is 0 Å². The minimum atomic E-state index is -0.791. The molecule has 3 amide bonds. The quantitative estimate of drug-likeness (QED) is 0.386. The lowest BCUT2D eigenvalue weighted by atomic mass is 9.99. The molecule has 0 saturated heterocycles. The molecule has 0 aliphatic heterocycles. The van der Waals surface area contributed by atoms with Crippen molar-refractivity contribution in [2.45, 2.75) is 58.2 Å². The lowest BCUT2D eigenvalue weighted by Gasteiger charge is -2.25. The van der Waals surface area contributed by atoms with E-state index < -0.39 is 29.9 Å². The summed E-state index contributed by atoms with van der Waals surface area (Å²) in [5, 5.41) is 8.06. The fourth-order valence-corrected chi connectivity index (χ4v) is 3.47. The first-order valence-corrected chi connectivity index (χ1v) is 11.5. The second-order valence-corrected chi connectivity index (χ2v) is 8.66. The number of thioether (sulfide) groups is 1. The van der Waals surface area contributed by atoms with E-state index in [1.807, 2.05) is 50.4 Å². The number of hydrogen-bond donors (Lipinski definition) is 3. The molecule has 166 valence electrons.